The van der Waals surface area contributed by atoms with Crippen molar-refractivity contribution in [1.29, 1.82) is 0 Å². The SMILES string of the molecule is CN(C)CC(C)(C)CNc1nc2c(cc1C(N)=S)CCC2. The Labute approximate surface area is 133 Å². The van der Waals surface area contributed by atoms with Crippen molar-refractivity contribution in [2.75, 3.05) is 32.5 Å². The molecule has 0 fully saturated rings. The Bertz CT molecular complexity index is 537. The van der Waals surface area contributed by atoms with Gasteiger partial charge in [0.15, 0.2) is 0 Å². The Morgan fingerprint density at radius 3 is 2.76 bits per heavy atom. The summed E-state index contributed by atoms with van der Waals surface area (Å²) in [6.07, 6.45) is 3.32. The number of hydrogen-bond acceptors (Lipinski definition) is 4. The molecule has 1 aliphatic rings. The first kappa shape index (κ1) is 16.2. The van der Waals surface area contributed by atoms with Crippen LogP contribution in [0.1, 0.15) is 37.1 Å². The first-order valence-corrected chi connectivity index (χ1v) is 7.90. The van der Waals surface area contributed by atoms with E-state index in [1.165, 1.54) is 17.7 Å². The van der Waals surface area contributed by atoms with Gasteiger partial charge in [-0.1, -0.05) is 26.1 Å². The molecule has 1 heterocycles. The molecular weight excluding hydrogens is 280 g/mol. The summed E-state index contributed by atoms with van der Waals surface area (Å²) in [4.78, 5) is 7.39. The number of rotatable bonds is 6. The van der Waals surface area contributed by atoms with E-state index in [9.17, 15) is 0 Å². The summed E-state index contributed by atoms with van der Waals surface area (Å²) in [5.74, 6) is 0.843. The maximum atomic E-state index is 5.87. The van der Waals surface area contributed by atoms with Crippen molar-refractivity contribution >= 4 is 23.0 Å². The minimum atomic E-state index is 0.150. The zero-order chi connectivity index (χ0) is 15.6. The molecule has 0 bridgehead atoms. The third-order valence-electron chi connectivity index (χ3n) is 3.79. The highest BCUT2D eigenvalue weighted by atomic mass is 32.1. The van der Waals surface area contributed by atoms with Gasteiger partial charge in [-0.15, -0.1) is 0 Å². The predicted molar refractivity (Wildman–Crippen MR) is 93.0 cm³/mol. The smallest absolute Gasteiger partial charge is 0.136 e. The topological polar surface area (TPSA) is 54.2 Å². The van der Waals surface area contributed by atoms with Crippen LogP contribution in [0, 0.1) is 5.41 Å². The molecule has 3 N–H and O–H groups in total. The number of fused-ring (bicyclic) bond motifs is 1. The van der Waals surface area contributed by atoms with Gasteiger partial charge in [0, 0.05) is 18.8 Å². The molecule has 5 heteroatoms. The fourth-order valence-corrected chi connectivity index (χ4v) is 3.19. The van der Waals surface area contributed by atoms with E-state index in [-0.39, 0.29) is 5.41 Å². The van der Waals surface area contributed by atoms with Crippen molar-refractivity contribution < 1.29 is 0 Å². The summed E-state index contributed by atoms with van der Waals surface area (Å²) in [6, 6.07) is 2.12. The van der Waals surface area contributed by atoms with Crippen LogP contribution in [0.15, 0.2) is 6.07 Å². The molecule has 0 saturated heterocycles. The van der Waals surface area contributed by atoms with E-state index in [0.29, 0.717) is 4.99 Å². The molecule has 0 saturated carbocycles. The van der Waals surface area contributed by atoms with Crippen LogP contribution in [0.25, 0.3) is 0 Å². The maximum absolute atomic E-state index is 5.87. The number of pyridine rings is 1. The minimum absolute atomic E-state index is 0.150. The molecule has 0 atom stereocenters. The van der Waals surface area contributed by atoms with Gasteiger partial charge >= 0.3 is 0 Å². The van der Waals surface area contributed by atoms with Crippen molar-refractivity contribution in [1.82, 2.24) is 9.88 Å². The monoisotopic (exact) mass is 306 g/mol. The number of anilines is 1. The van der Waals surface area contributed by atoms with Crippen LogP contribution in [0.5, 0.6) is 0 Å². The molecular formula is C16H26N4S. The molecule has 0 spiro atoms. The first-order valence-electron chi connectivity index (χ1n) is 7.50. The minimum Gasteiger partial charge on any atom is -0.389 e. The highest BCUT2D eigenvalue weighted by Gasteiger charge is 2.22. The standard InChI is InChI=1S/C16H26N4S/c1-16(2,10-20(3)4)9-18-15-12(14(17)21)8-11-6-5-7-13(11)19-15/h8H,5-7,9-10H2,1-4H3,(H2,17,21)(H,18,19). The number of thiocarbonyl (C=S) groups is 1. The van der Waals surface area contributed by atoms with Crippen molar-refractivity contribution in [3.63, 3.8) is 0 Å². The normalized spacial score (nSPS) is 14.3. The number of nitrogens with one attached hydrogen (secondary N) is 1. The summed E-state index contributed by atoms with van der Waals surface area (Å²) >= 11 is 5.19. The predicted octanol–water partition coefficient (Wildman–Crippen LogP) is 2.20. The third kappa shape index (κ3) is 4.14. The summed E-state index contributed by atoms with van der Waals surface area (Å²) in [5.41, 5.74) is 9.40. The number of hydrogen-bond donors (Lipinski definition) is 2. The number of aromatic nitrogens is 1. The van der Waals surface area contributed by atoms with E-state index in [1.54, 1.807) is 0 Å². The lowest BCUT2D eigenvalue weighted by molar-refractivity contribution is 0.254. The second-order valence-corrected chi connectivity index (χ2v) is 7.40. The molecule has 0 radical (unpaired) electrons. The van der Waals surface area contributed by atoms with Gasteiger partial charge in [0.25, 0.3) is 0 Å². The zero-order valence-electron chi connectivity index (χ0n) is 13.5. The third-order valence-corrected chi connectivity index (χ3v) is 4.01. The molecule has 2 rings (SSSR count). The first-order chi connectivity index (χ1) is 9.78. The van der Waals surface area contributed by atoms with Gasteiger partial charge in [0.05, 0.1) is 5.56 Å². The zero-order valence-corrected chi connectivity index (χ0v) is 14.3. The van der Waals surface area contributed by atoms with Crippen molar-refractivity contribution in [2.24, 2.45) is 11.1 Å². The van der Waals surface area contributed by atoms with Crippen LogP contribution in [0.4, 0.5) is 5.82 Å². The second kappa shape index (κ2) is 6.28. The van der Waals surface area contributed by atoms with E-state index < -0.39 is 0 Å². The van der Waals surface area contributed by atoms with Crippen LogP contribution in [0.3, 0.4) is 0 Å². The van der Waals surface area contributed by atoms with Crippen molar-refractivity contribution in [3.05, 3.63) is 22.9 Å². The lowest BCUT2D eigenvalue weighted by Crippen LogP contribution is -2.35. The number of aryl methyl sites for hydroxylation is 2. The van der Waals surface area contributed by atoms with Gasteiger partial charge in [0.2, 0.25) is 0 Å². The molecule has 4 nitrogen and oxygen atoms in total. The van der Waals surface area contributed by atoms with Gasteiger partial charge in [0.1, 0.15) is 10.8 Å². The van der Waals surface area contributed by atoms with E-state index in [2.05, 4.69) is 44.2 Å². The number of nitrogens with two attached hydrogens (primary N) is 1. The highest BCUT2D eigenvalue weighted by Crippen LogP contribution is 2.26. The van der Waals surface area contributed by atoms with E-state index >= 15 is 0 Å². The van der Waals surface area contributed by atoms with Gasteiger partial charge in [-0.05, 0) is 50.4 Å². The Morgan fingerprint density at radius 2 is 2.14 bits per heavy atom. The van der Waals surface area contributed by atoms with Crippen LogP contribution in [-0.2, 0) is 12.8 Å². The molecule has 1 aromatic rings. The molecule has 0 unspecified atom stereocenters. The van der Waals surface area contributed by atoms with Crippen LogP contribution in [0.2, 0.25) is 0 Å². The summed E-state index contributed by atoms with van der Waals surface area (Å²) < 4.78 is 0. The van der Waals surface area contributed by atoms with Crippen molar-refractivity contribution in [2.45, 2.75) is 33.1 Å². The Balaban J connectivity index is 2.17. The summed E-state index contributed by atoms with van der Waals surface area (Å²) in [5, 5.41) is 3.46. The highest BCUT2D eigenvalue weighted by molar-refractivity contribution is 7.80. The average Bonchev–Trinajstić information content (AvgIpc) is 2.80. The van der Waals surface area contributed by atoms with Crippen LogP contribution in [-0.4, -0.2) is 42.1 Å². The second-order valence-electron chi connectivity index (χ2n) is 6.96. The molecule has 0 amide bonds. The molecule has 0 aromatic carbocycles. The largest absolute Gasteiger partial charge is 0.389 e. The molecule has 21 heavy (non-hydrogen) atoms. The Morgan fingerprint density at radius 1 is 1.43 bits per heavy atom. The molecule has 116 valence electrons. The van der Waals surface area contributed by atoms with E-state index in [1.807, 2.05) is 0 Å². The van der Waals surface area contributed by atoms with Gasteiger partial charge in [-0.3, -0.25) is 0 Å². The average molecular weight is 306 g/mol. The molecule has 1 aliphatic carbocycles. The van der Waals surface area contributed by atoms with Crippen LogP contribution < -0.4 is 11.1 Å². The van der Waals surface area contributed by atoms with E-state index in [4.69, 9.17) is 22.9 Å². The Kier molecular flexibility index (Phi) is 4.84. The van der Waals surface area contributed by atoms with E-state index in [0.717, 1.165) is 37.3 Å². The number of nitrogens with zero attached hydrogens (tertiary/aromatic N) is 2. The van der Waals surface area contributed by atoms with Crippen molar-refractivity contribution in [3.8, 4) is 0 Å². The van der Waals surface area contributed by atoms with Crippen LogP contribution >= 0.6 is 12.2 Å². The lowest BCUT2D eigenvalue weighted by Gasteiger charge is -2.29. The maximum Gasteiger partial charge on any atom is 0.136 e. The summed E-state index contributed by atoms with van der Waals surface area (Å²) in [7, 11) is 4.19. The van der Waals surface area contributed by atoms with Gasteiger partial charge in [-0.2, -0.15) is 0 Å². The fraction of sp³-hybridized carbons (Fsp3) is 0.625. The van der Waals surface area contributed by atoms with Gasteiger partial charge < -0.3 is 16.0 Å². The fourth-order valence-electron chi connectivity index (χ4n) is 3.03. The summed E-state index contributed by atoms with van der Waals surface area (Å²) in [6.45, 7) is 6.33. The Hall–Kier alpha value is -1.20. The molecule has 1 aromatic heterocycles. The van der Waals surface area contributed by atoms with Gasteiger partial charge in [-0.25, -0.2) is 4.98 Å². The molecule has 0 aliphatic heterocycles. The lowest BCUT2D eigenvalue weighted by atomic mass is 9.93. The quantitative estimate of drug-likeness (QED) is 0.789.